The molecule has 7 nitrogen and oxygen atoms in total. The van der Waals surface area contributed by atoms with E-state index in [0.29, 0.717) is 6.42 Å². The van der Waals surface area contributed by atoms with E-state index in [1.165, 1.54) is 0 Å². The Morgan fingerprint density at radius 1 is 1.27 bits per heavy atom. The highest BCUT2D eigenvalue weighted by atomic mass is 16.8. The number of hydrogen-bond donors (Lipinski definition) is 1. The van der Waals surface area contributed by atoms with Gasteiger partial charge in [-0.25, -0.2) is 4.79 Å². The van der Waals surface area contributed by atoms with Gasteiger partial charge in [0.25, 0.3) is 0 Å². The van der Waals surface area contributed by atoms with E-state index in [1.54, 1.807) is 20.8 Å². The van der Waals surface area contributed by atoms with Gasteiger partial charge in [-0.3, -0.25) is 4.79 Å². The van der Waals surface area contributed by atoms with Gasteiger partial charge >= 0.3 is 11.9 Å². The van der Waals surface area contributed by atoms with E-state index in [0.717, 1.165) is 6.08 Å². The molecular formula is C15H26O7. The number of hydrogen-bond acceptors (Lipinski definition) is 7. The Balaban J connectivity index is 4.23. The summed E-state index contributed by atoms with van der Waals surface area (Å²) >= 11 is 0. The topological polar surface area (TPSA) is 91.3 Å². The van der Waals surface area contributed by atoms with Crippen LogP contribution in [0.2, 0.25) is 0 Å². The van der Waals surface area contributed by atoms with Gasteiger partial charge < -0.3 is 24.1 Å². The quantitative estimate of drug-likeness (QED) is 0.351. The van der Waals surface area contributed by atoms with Gasteiger partial charge in [0.15, 0.2) is 5.79 Å². The summed E-state index contributed by atoms with van der Waals surface area (Å²) in [4.78, 5) is 22.1. The van der Waals surface area contributed by atoms with E-state index >= 15 is 0 Å². The lowest BCUT2D eigenvalue weighted by Gasteiger charge is -2.30. The monoisotopic (exact) mass is 318 g/mol. The van der Waals surface area contributed by atoms with E-state index in [2.05, 4.69) is 6.58 Å². The summed E-state index contributed by atoms with van der Waals surface area (Å²) in [6.45, 7) is 9.72. The van der Waals surface area contributed by atoms with Crippen LogP contribution in [-0.2, 0) is 28.5 Å². The molecule has 0 saturated carbocycles. The largest absolute Gasteiger partial charge is 0.460 e. The second-order valence-electron chi connectivity index (χ2n) is 5.00. The molecule has 0 aromatic heterocycles. The smallest absolute Gasteiger partial charge is 0.330 e. The Morgan fingerprint density at radius 3 is 2.41 bits per heavy atom. The van der Waals surface area contributed by atoms with Crippen molar-refractivity contribution >= 4 is 11.9 Å². The number of carbonyl (C=O) groups excluding carboxylic acids is 2. The highest BCUT2D eigenvalue weighted by molar-refractivity contribution is 5.81. The number of rotatable bonds is 11. The first-order chi connectivity index (χ1) is 10.2. The van der Waals surface area contributed by atoms with E-state index in [9.17, 15) is 14.7 Å². The number of aliphatic hydroxyl groups excluding tert-OH is 1. The van der Waals surface area contributed by atoms with Gasteiger partial charge in [0.05, 0.1) is 6.61 Å². The predicted octanol–water partition coefficient (Wildman–Crippen LogP) is 1.54. The Bertz CT molecular complexity index is 365. The summed E-state index contributed by atoms with van der Waals surface area (Å²) in [6.07, 6.45) is 0.0180. The number of ether oxygens (including phenoxy) is 4. The predicted molar refractivity (Wildman–Crippen MR) is 78.7 cm³/mol. The zero-order valence-corrected chi connectivity index (χ0v) is 13.7. The summed E-state index contributed by atoms with van der Waals surface area (Å²) in [6, 6.07) is 0. The van der Waals surface area contributed by atoms with E-state index in [4.69, 9.17) is 18.9 Å². The minimum atomic E-state index is -1.07. The first-order valence-electron chi connectivity index (χ1n) is 7.22. The van der Waals surface area contributed by atoms with Crippen LogP contribution in [0.25, 0.3) is 0 Å². The average molecular weight is 318 g/mol. The van der Waals surface area contributed by atoms with Gasteiger partial charge in [-0.2, -0.15) is 0 Å². The molecule has 1 N–H and O–H groups in total. The molecule has 2 unspecified atom stereocenters. The third kappa shape index (κ3) is 9.49. The molecular weight excluding hydrogens is 292 g/mol. The minimum Gasteiger partial charge on any atom is -0.460 e. The highest BCUT2D eigenvalue weighted by Gasteiger charge is 2.26. The Hall–Kier alpha value is -1.44. The van der Waals surface area contributed by atoms with Crippen LogP contribution in [0, 0.1) is 0 Å². The molecule has 0 rings (SSSR count). The van der Waals surface area contributed by atoms with Crippen molar-refractivity contribution in [2.45, 2.75) is 58.7 Å². The molecule has 128 valence electrons. The third-order valence-electron chi connectivity index (χ3n) is 2.51. The molecule has 2 atom stereocenters. The molecule has 0 amide bonds. The molecule has 0 aromatic carbocycles. The Morgan fingerprint density at radius 2 is 1.91 bits per heavy atom. The van der Waals surface area contributed by atoms with Gasteiger partial charge in [-0.05, 0) is 13.8 Å². The standard InChI is InChI=1S/C15H26O7/c1-6-12(17)19-9-11(16)10-20-15(4,5)22-14(8-3)21-13(18)7-2/h6,11,14,16H,1,7-10H2,2-5H3. The molecule has 0 fully saturated rings. The summed E-state index contributed by atoms with van der Waals surface area (Å²) < 4.78 is 20.8. The molecule has 0 aliphatic heterocycles. The van der Waals surface area contributed by atoms with Crippen LogP contribution in [-0.4, -0.2) is 48.4 Å². The maximum absolute atomic E-state index is 11.3. The van der Waals surface area contributed by atoms with Crippen molar-refractivity contribution in [2.75, 3.05) is 13.2 Å². The fourth-order valence-corrected chi connectivity index (χ4v) is 1.35. The SMILES string of the molecule is C=CC(=O)OCC(O)COC(C)(C)OC(CC)OC(=O)CC. The fourth-order valence-electron chi connectivity index (χ4n) is 1.35. The van der Waals surface area contributed by atoms with Crippen LogP contribution in [0.1, 0.15) is 40.5 Å². The highest BCUT2D eigenvalue weighted by Crippen LogP contribution is 2.17. The first-order valence-corrected chi connectivity index (χ1v) is 7.22. The average Bonchev–Trinajstić information content (AvgIpc) is 2.49. The lowest BCUT2D eigenvalue weighted by molar-refractivity contribution is -0.292. The molecule has 0 aliphatic rings. The number of carbonyl (C=O) groups is 2. The van der Waals surface area contributed by atoms with E-state index < -0.39 is 24.2 Å². The second kappa shape index (κ2) is 10.3. The zero-order valence-electron chi connectivity index (χ0n) is 13.7. The van der Waals surface area contributed by atoms with Crippen molar-refractivity contribution in [1.29, 1.82) is 0 Å². The molecule has 22 heavy (non-hydrogen) atoms. The lowest BCUT2D eigenvalue weighted by atomic mass is 10.3. The lowest BCUT2D eigenvalue weighted by Crippen LogP contribution is -2.38. The third-order valence-corrected chi connectivity index (χ3v) is 2.51. The fraction of sp³-hybridized carbons (Fsp3) is 0.733. The van der Waals surface area contributed by atoms with Crippen LogP contribution in [0.3, 0.4) is 0 Å². The van der Waals surface area contributed by atoms with Crippen molar-refractivity contribution in [2.24, 2.45) is 0 Å². The number of aliphatic hydroxyl groups is 1. The normalized spacial score (nSPS) is 14.0. The molecule has 0 saturated heterocycles. The molecule has 7 heteroatoms. The summed E-state index contributed by atoms with van der Waals surface area (Å²) in [7, 11) is 0. The van der Waals surface area contributed by atoms with Crippen molar-refractivity contribution in [3.05, 3.63) is 12.7 Å². The minimum absolute atomic E-state index is 0.102. The van der Waals surface area contributed by atoms with Crippen LogP contribution >= 0.6 is 0 Å². The maximum Gasteiger partial charge on any atom is 0.330 e. The van der Waals surface area contributed by atoms with Gasteiger partial charge in [0.1, 0.15) is 12.7 Å². The Labute approximate surface area is 131 Å². The van der Waals surface area contributed by atoms with E-state index in [-0.39, 0.29) is 25.6 Å². The first kappa shape index (κ1) is 20.6. The van der Waals surface area contributed by atoms with Crippen molar-refractivity contribution in [1.82, 2.24) is 0 Å². The molecule has 0 bridgehead atoms. The summed E-state index contributed by atoms with van der Waals surface area (Å²) in [5.74, 6) is -2.05. The molecule has 0 radical (unpaired) electrons. The zero-order chi connectivity index (χ0) is 17.2. The van der Waals surface area contributed by atoms with Crippen LogP contribution in [0.4, 0.5) is 0 Å². The summed E-state index contributed by atoms with van der Waals surface area (Å²) in [5, 5.41) is 9.65. The van der Waals surface area contributed by atoms with Gasteiger partial charge in [0.2, 0.25) is 6.29 Å². The van der Waals surface area contributed by atoms with Gasteiger partial charge in [-0.15, -0.1) is 0 Å². The number of esters is 2. The second-order valence-corrected chi connectivity index (χ2v) is 5.00. The summed E-state index contributed by atoms with van der Waals surface area (Å²) in [5.41, 5.74) is 0. The molecule has 0 aliphatic carbocycles. The Kier molecular flexibility index (Phi) is 9.64. The van der Waals surface area contributed by atoms with Crippen LogP contribution < -0.4 is 0 Å². The molecule has 0 spiro atoms. The van der Waals surface area contributed by atoms with Crippen molar-refractivity contribution < 1.29 is 33.6 Å². The van der Waals surface area contributed by atoms with Gasteiger partial charge in [-0.1, -0.05) is 20.4 Å². The van der Waals surface area contributed by atoms with E-state index in [1.807, 2.05) is 6.92 Å². The van der Waals surface area contributed by atoms with Crippen LogP contribution in [0.5, 0.6) is 0 Å². The van der Waals surface area contributed by atoms with Crippen LogP contribution in [0.15, 0.2) is 12.7 Å². The molecule has 0 heterocycles. The van der Waals surface area contributed by atoms with Crippen molar-refractivity contribution in [3.63, 3.8) is 0 Å². The maximum atomic E-state index is 11.3. The van der Waals surface area contributed by atoms with Gasteiger partial charge in [0, 0.05) is 18.9 Å². The van der Waals surface area contributed by atoms with Crippen molar-refractivity contribution in [3.8, 4) is 0 Å². The molecule has 0 aromatic rings.